The summed E-state index contributed by atoms with van der Waals surface area (Å²) in [7, 11) is -4.50. The van der Waals surface area contributed by atoms with E-state index in [0.29, 0.717) is 5.56 Å². The quantitative estimate of drug-likeness (QED) is 0.797. The van der Waals surface area contributed by atoms with Crippen LogP contribution in [0.15, 0.2) is 28.7 Å². The molecule has 0 aromatic heterocycles. The molecule has 78 valence electrons. The van der Waals surface area contributed by atoms with Crippen LogP contribution in [0.3, 0.4) is 0 Å². The second-order valence-electron chi connectivity index (χ2n) is 2.92. The minimum Gasteiger partial charge on any atom is -0.194 e. The summed E-state index contributed by atoms with van der Waals surface area (Å²) < 4.78 is 35.2. The van der Waals surface area contributed by atoms with E-state index in [1.54, 1.807) is 31.2 Å². The van der Waals surface area contributed by atoms with Crippen LogP contribution < -0.4 is 0 Å². The molecule has 0 amide bonds. The van der Waals surface area contributed by atoms with Crippen molar-refractivity contribution in [2.24, 2.45) is 0 Å². The first-order chi connectivity index (χ1) is 6.45. The van der Waals surface area contributed by atoms with Gasteiger partial charge in [-0.25, -0.2) is 0 Å². The molecule has 1 aromatic carbocycles. The van der Waals surface area contributed by atoms with Gasteiger partial charge in [0.2, 0.25) is 0 Å². The minimum absolute atomic E-state index is 0.237. The highest BCUT2D eigenvalue weighted by Gasteiger charge is 2.24. The first-order valence-corrected chi connectivity index (χ1v) is 6.38. The maximum Gasteiger partial charge on any atom is 0.309 e. The molecule has 1 aromatic rings. The summed E-state index contributed by atoms with van der Waals surface area (Å²) in [6.07, 6.45) is 0.237. The second-order valence-corrected chi connectivity index (χ2v) is 5.36. The van der Waals surface area contributed by atoms with Crippen LogP contribution in [0.5, 0.6) is 0 Å². The normalized spacial score (nSPS) is 13.9. The van der Waals surface area contributed by atoms with Gasteiger partial charge in [0, 0.05) is 4.47 Å². The summed E-state index contributed by atoms with van der Waals surface area (Å²) in [6.45, 7) is 1.64. The Morgan fingerprint density at radius 1 is 1.36 bits per heavy atom. The Hall–Kier alpha value is -0.420. The van der Waals surface area contributed by atoms with E-state index in [1.807, 2.05) is 0 Å². The van der Waals surface area contributed by atoms with Crippen molar-refractivity contribution in [3.05, 3.63) is 34.3 Å². The zero-order chi connectivity index (χ0) is 10.8. The van der Waals surface area contributed by atoms with Crippen LogP contribution in [-0.2, 0) is 10.2 Å². The zero-order valence-corrected chi connectivity index (χ0v) is 9.98. The highest BCUT2D eigenvalue weighted by Crippen LogP contribution is 2.27. The fraction of sp³-hybridized carbons (Fsp3) is 0.333. The SMILES string of the molecule is CCC(c1ccc(Br)cc1)S(=O)(=O)F. The smallest absolute Gasteiger partial charge is 0.194 e. The molecule has 2 nitrogen and oxygen atoms in total. The van der Waals surface area contributed by atoms with E-state index in [0.717, 1.165) is 4.47 Å². The van der Waals surface area contributed by atoms with Crippen molar-refractivity contribution in [2.75, 3.05) is 0 Å². The van der Waals surface area contributed by atoms with Crippen LogP contribution in [0.2, 0.25) is 0 Å². The van der Waals surface area contributed by atoms with Crippen LogP contribution in [0.1, 0.15) is 24.2 Å². The highest BCUT2D eigenvalue weighted by molar-refractivity contribution is 9.10. The molecule has 14 heavy (non-hydrogen) atoms. The van der Waals surface area contributed by atoms with Crippen LogP contribution >= 0.6 is 15.9 Å². The molecule has 0 bridgehead atoms. The molecule has 0 fully saturated rings. The second kappa shape index (κ2) is 4.40. The van der Waals surface area contributed by atoms with Crippen molar-refractivity contribution in [2.45, 2.75) is 18.6 Å². The van der Waals surface area contributed by atoms with E-state index in [1.165, 1.54) is 0 Å². The fourth-order valence-corrected chi connectivity index (χ4v) is 2.42. The van der Waals surface area contributed by atoms with Gasteiger partial charge in [-0.05, 0) is 24.1 Å². The molecule has 5 heteroatoms. The molecule has 1 atom stereocenters. The van der Waals surface area contributed by atoms with Gasteiger partial charge < -0.3 is 0 Å². The molecule has 1 rings (SSSR count). The van der Waals surface area contributed by atoms with E-state index < -0.39 is 15.5 Å². The van der Waals surface area contributed by atoms with Gasteiger partial charge in [-0.3, -0.25) is 0 Å². The summed E-state index contributed by atoms with van der Waals surface area (Å²) >= 11 is 3.22. The number of hydrogen-bond acceptors (Lipinski definition) is 2. The third-order valence-electron chi connectivity index (χ3n) is 1.95. The molecule has 0 aliphatic rings. The van der Waals surface area contributed by atoms with Gasteiger partial charge in [0.15, 0.2) is 0 Å². The lowest BCUT2D eigenvalue weighted by atomic mass is 10.1. The lowest BCUT2D eigenvalue weighted by molar-refractivity contribution is 0.533. The molecule has 1 unspecified atom stereocenters. The zero-order valence-electron chi connectivity index (χ0n) is 7.57. The third-order valence-corrected chi connectivity index (χ3v) is 3.77. The van der Waals surface area contributed by atoms with Crippen LogP contribution in [0.4, 0.5) is 3.89 Å². The Morgan fingerprint density at radius 3 is 2.21 bits per heavy atom. The average Bonchev–Trinajstić information content (AvgIpc) is 2.07. The van der Waals surface area contributed by atoms with Gasteiger partial charge in [-0.15, -0.1) is 3.89 Å². The average molecular weight is 281 g/mol. The molecule has 0 aliphatic carbocycles. The first kappa shape index (κ1) is 11.7. The lowest BCUT2D eigenvalue weighted by Gasteiger charge is -2.09. The Balaban J connectivity index is 3.08. The summed E-state index contributed by atoms with van der Waals surface area (Å²) in [4.78, 5) is 0. The molecular formula is C9H10BrFO2S. The van der Waals surface area contributed by atoms with Crippen LogP contribution in [-0.4, -0.2) is 8.42 Å². The van der Waals surface area contributed by atoms with Crippen LogP contribution in [0, 0.1) is 0 Å². The van der Waals surface area contributed by atoms with Crippen molar-refractivity contribution in [1.29, 1.82) is 0 Å². The van der Waals surface area contributed by atoms with Crippen molar-refractivity contribution in [1.82, 2.24) is 0 Å². The monoisotopic (exact) mass is 280 g/mol. The summed E-state index contributed by atoms with van der Waals surface area (Å²) in [6, 6.07) is 6.61. The maximum atomic E-state index is 12.8. The number of benzene rings is 1. The molecular weight excluding hydrogens is 271 g/mol. The van der Waals surface area contributed by atoms with E-state index in [4.69, 9.17) is 0 Å². The summed E-state index contributed by atoms with van der Waals surface area (Å²) in [5.41, 5.74) is 0.484. The largest absolute Gasteiger partial charge is 0.309 e. The van der Waals surface area contributed by atoms with Crippen molar-refractivity contribution < 1.29 is 12.3 Å². The van der Waals surface area contributed by atoms with Gasteiger partial charge >= 0.3 is 10.2 Å². The highest BCUT2D eigenvalue weighted by atomic mass is 79.9. The first-order valence-electron chi connectivity index (χ1n) is 4.14. The number of halogens is 2. The molecule has 0 N–H and O–H groups in total. The van der Waals surface area contributed by atoms with Crippen molar-refractivity contribution in [3.63, 3.8) is 0 Å². The minimum atomic E-state index is -4.50. The van der Waals surface area contributed by atoms with Gasteiger partial charge in [0.25, 0.3) is 0 Å². The van der Waals surface area contributed by atoms with Crippen molar-refractivity contribution >= 4 is 26.2 Å². The molecule has 0 saturated carbocycles. The van der Waals surface area contributed by atoms with Crippen LogP contribution in [0.25, 0.3) is 0 Å². The Morgan fingerprint density at radius 2 is 1.86 bits per heavy atom. The molecule has 0 radical (unpaired) electrons. The standard InChI is InChI=1S/C9H10BrFO2S/c1-2-9(14(11,12)13)7-3-5-8(10)6-4-7/h3-6,9H,2H2,1H3. The van der Waals surface area contributed by atoms with Gasteiger partial charge in [-0.2, -0.15) is 8.42 Å². The van der Waals surface area contributed by atoms with Gasteiger partial charge in [0.1, 0.15) is 5.25 Å². The van der Waals surface area contributed by atoms with E-state index in [-0.39, 0.29) is 6.42 Å². The van der Waals surface area contributed by atoms with E-state index in [9.17, 15) is 12.3 Å². The van der Waals surface area contributed by atoms with Gasteiger partial charge in [0.05, 0.1) is 0 Å². The van der Waals surface area contributed by atoms with Crippen molar-refractivity contribution in [3.8, 4) is 0 Å². The Bertz CT molecular complexity index is 399. The predicted molar refractivity (Wildman–Crippen MR) is 57.2 cm³/mol. The number of rotatable bonds is 3. The predicted octanol–water partition coefficient (Wildman–Crippen LogP) is 3.20. The summed E-state index contributed by atoms with van der Waals surface area (Å²) in [5.74, 6) is 0. The molecule has 0 aliphatic heterocycles. The molecule has 0 heterocycles. The number of hydrogen-bond donors (Lipinski definition) is 0. The molecule has 0 saturated heterocycles. The fourth-order valence-electron chi connectivity index (χ4n) is 1.27. The summed E-state index contributed by atoms with van der Waals surface area (Å²) in [5, 5.41) is -1.05. The molecule has 0 spiro atoms. The Kier molecular flexibility index (Phi) is 3.66. The Labute approximate surface area is 91.5 Å². The maximum absolute atomic E-state index is 12.8. The lowest BCUT2D eigenvalue weighted by Crippen LogP contribution is -2.06. The van der Waals surface area contributed by atoms with E-state index in [2.05, 4.69) is 15.9 Å². The third kappa shape index (κ3) is 2.78. The van der Waals surface area contributed by atoms with E-state index >= 15 is 0 Å². The topological polar surface area (TPSA) is 34.1 Å². The van der Waals surface area contributed by atoms with Gasteiger partial charge in [-0.1, -0.05) is 35.0 Å².